The van der Waals surface area contributed by atoms with Crippen LogP contribution in [0.4, 0.5) is 0 Å². The molecule has 0 saturated carbocycles. The second kappa shape index (κ2) is 15.3. The Bertz CT molecular complexity index is 182. The lowest BCUT2D eigenvalue weighted by Crippen LogP contribution is -2.33. The molecule has 2 nitrogen and oxygen atoms in total. The molecular weight excluding hydrogens is 246 g/mol. The highest BCUT2D eigenvalue weighted by atomic mass is 16.5. The van der Waals surface area contributed by atoms with Gasteiger partial charge < -0.3 is 10.1 Å². The summed E-state index contributed by atoms with van der Waals surface area (Å²) in [6.45, 7) is 11.8. The predicted octanol–water partition coefficient (Wildman–Crippen LogP) is 5.17. The van der Waals surface area contributed by atoms with E-state index in [-0.39, 0.29) is 0 Å². The zero-order valence-electron chi connectivity index (χ0n) is 14.5. The summed E-state index contributed by atoms with van der Waals surface area (Å²) in [7, 11) is 0. The highest BCUT2D eigenvalue weighted by Crippen LogP contribution is 2.09. The highest BCUT2D eigenvalue weighted by Gasteiger charge is 2.04. The number of hydrogen-bond acceptors (Lipinski definition) is 2. The molecule has 0 rings (SSSR count). The van der Waals surface area contributed by atoms with Gasteiger partial charge in [-0.3, -0.25) is 0 Å². The molecule has 0 heterocycles. The van der Waals surface area contributed by atoms with Gasteiger partial charge >= 0.3 is 0 Å². The Morgan fingerprint density at radius 1 is 0.750 bits per heavy atom. The van der Waals surface area contributed by atoms with E-state index in [1.54, 1.807) is 0 Å². The maximum atomic E-state index is 5.66. The Labute approximate surface area is 128 Å². The fraction of sp³-hybridized carbons (Fsp3) is 1.00. The SMILES string of the molecule is CCCCCCCCCCCOCCNC(C)C(C)C. The van der Waals surface area contributed by atoms with Crippen LogP contribution < -0.4 is 5.32 Å². The summed E-state index contributed by atoms with van der Waals surface area (Å²) in [6.07, 6.45) is 12.4. The Kier molecular flexibility index (Phi) is 15.3. The Balaban J connectivity index is 3.03. The van der Waals surface area contributed by atoms with Gasteiger partial charge in [-0.25, -0.2) is 0 Å². The second-order valence-corrected chi connectivity index (χ2v) is 6.43. The van der Waals surface area contributed by atoms with Crippen molar-refractivity contribution >= 4 is 0 Å². The van der Waals surface area contributed by atoms with E-state index in [2.05, 4.69) is 33.0 Å². The number of unbranched alkanes of at least 4 members (excludes halogenated alkanes) is 8. The molecule has 2 heteroatoms. The molecule has 0 saturated heterocycles. The molecule has 1 N–H and O–H groups in total. The molecule has 0 fully saturated rings. The van der Waals surface area contributed by atoms with Crippen LogP contribution in [-0.4, -0.2) is 25.8 Å². The fourth-order valence-electron chi connectivity index (χ4n) is 2.21. The van der Waals surface area contributed by atoms with E-state index in [9.17, 15) is 0 Å². The zero-order chi connectivity index (χ0) is 15.1. The molecule has 122 valence electrons. The molecule has 0 amide bonds. The smallest absolute Gasteiger partial charge is 0.0590 e. The van der Waals surface area contributed by atoms with Gasteiger partial charge in [-0.1, -0.05) is 72.1 Å². The summed E-state index contributed by atoms with van der Waals surface area (Å²) >= 11 is 0. The molecule has 0 aliphatic heterocycles. The summed E-state index contributed by atoms with van der Waals surface area (Å²) in [5, 5.41) is 3.49. The van der Waals surface area contributed by atoms with Crippen molar-refractivity contribution in [3.8, 4) is 0 Å². The maximum Gasteiger partial charge on any atom is 0.0590 e. The van der Waals surface area contributed by atoms with Crippen LogP contribution in [0.1, 0.15) is 85.5 Å². The van der Waals surface area contributed by atoms with Crippen LogP contribution in [0, 0.1) is 5.92 Å². The van der Waals surface area contributed by atoms with Crippen molar-refractivity contribution < 1.29 is 4.74 Å². The molecule has 0 aromatic carbocycles. The van der Waals surface area contributed by atoms with Crippen molar-refractivity contribution in [1.29, 1.82) is 0 Å². The third kappa shape index (κ3) is 14.3. The normalized spacial score (nSPS) is 13.1. The van der Waals surface area contributed by atoms with Gasteiger partial charge in [0, 0.05) is 19.2 Å². The minimum Gasteiger partial charge on any atom is -0.380 e. The van der Waals surface area contributed by atoms with Gasteiger partial charge in [-0.05, 0) is 19.3 Å². The van der Waals surface area contributed by atoms with Crippen LogP contribution >= 0.6 is 0 Å². The summed E-state index contributed by atoms with van der Waals surface area (Å²) in [5.41, 5.74) is 0. The van der Waals surface area contributed by atoms with E-state index >= 15 is 0 Å². The number of nitrogens with one attached hydrogen (secondary N) is 1. The van der Waals surface area contributed by atoms with Crippen LogP contribution in [0.15, 0.2) is 0 Å². The first kappa shape index (κ1) is 19.9. The van der Waals surface area contributed by atoms with Crippen molar-refractivity contribution in [1.82, 2.24) is 5.32 Å². The molecule has 0 aromatic heterocycles. The minimum atomic E-state index is 0.589. The first-order valence-corrected chi connectivity index (χ1v) is 8.99. The zero-order valence-corrected chi connectivity index (χ0v) is 14.5. The van der Waals surface area contributed by atoms with E-state index in [1.165, 1.54) is 57.8 Å². The summed E-state index contributed by atoms with van der Waals surface area (Å²) in [5.74, 6) is 0.701. The average Bonchev–Trinajstić information content (AvgIpc) is 2.43. The largest absolute Gasteiger partial charge is 0.380 e. The van der Waals surface area contributed by atoms with Gasteiger partial charge in [0.1, 0.15) is 0 Å². The summed E-state index contributed by atoms with van der Waals surface area (Å²) < 4.78 is 5.66. The predicted molar refractivity (Wildman–Crippen MR) is 90.3 cm³/mol. The molecule has 0 aliphatic carbocycles. The van der Waals surface area contributed by atoms with Crippen molar-refractivity contribution in [2.45, 2.75) is 91.5 Å². The number of ether oxygens (including phenoxy) is 1. The van der Waals surface area contributed by atoms with Crippen molar-refractivity contribution in [3.05, 3.63) is 0 Å². The van der Waals surface area contributed by atoms with Gasteiger partial charge in [-0.2, -0.15) is 0 Å². The Morgan fingerprint density at radius 2 is 1.30 bits per heavy atom. The molecular formula is C18H39NO. The average molecular weight is 286 g/mol. The molecule has 0 radical (unpaired) electrons. The first-order valence-electron chi connectivity index (χ1n) is 8.99. The van der Waals surface area contributed by atoms with Crippen LogP contribution in [0.2, 0.25) is 0 Å². The molecule has 0 bridgehead atoms. The highest BCUT2D eigenvalue weighted by molar-refractivity contribution is 4.63. The lowest BCUT2D eigenvalue weighted by atomic mass is 10.1. The number of rotatable bonds is 15. The van der Waals surface area contributed by atoms with Gasteiger partial charge in [0.2, 0.25) is 0 Å². The number of hydrogen-bond donors (Lipinski definition) is 1. The van der Waals surface area contributed by atoms with Crippen LogP contribution in [0.5, 0.6) is 0 Å². The molecule has 1 atom stereocenters. The third-order valence-corrected chi connectivity index (χ3v) is 4.10. The molecule has 1 unspecified atom stereocenters. The van der Waals surface area contributed by atoms with Crippen LogP contribution in [-0.2, 0) is 4.74 Å². The lowest BCUT2D eigenvalue weighted by molar-refractivity contribution is 0.128. The van der Waals surface area contributed by atoms with Gasteiger partial charge in [0.25, 0.3) is 0 Å². The van der Waals surface area contributed by atoms with Crippen molar-refractivity contribution in [2.24, 2.45) is 5.92 Å². The molecule has 0 aromatic rings. The van der Waals surface area contributed by atoms with Crippen LogP contribution in [0.3, 0.4) is 0 Å². The molecule has 0 aliphatic rings. The first-order chi connectivity index (χ1) is 9.68. The standard InChI is InChI=1S/C18H39NO/c1-5-6-7-8-9-10-11-12-13-15-20-16-14-19-18(4)17(2)3/h17-19H,5-16H2,1-4H3. The summed E-state index contributed by atoms with van der Waals surface area (Å²) in [6, 6.07) is 0.589. The van der Waals surface area contributed by atoms with E-state index in [0.717, 1.165) is 19.8 Å². The minimum absolute atomic E-state index is 0.589. The third-order valence-electron chi connectivity index (χ3n) is 4.10. The van der Waals surface area contributed by atoms with Gasteiger partial charge in [0.05, 0.1) is 6.61 Å². The van der Waals surface area contributed by atoms with Gasteiger partial charge in [0.15, 0.2) is 0 Å². The van der Waals surface area contributed by atoms with E-state index in [0.29, 0.717) is 12.0 Å². The van der Waals surface area contributed by atoms with E-state index in [1.807, 2.05) is 0 Å². The lowest BCUT2D eigenvalue weighted by Gasteiger charge is -2.17. The quantitative estimate of drug-likeness (QED) is 0.419. The summed E-state index contributed by atoms with van der Waals surface area (Å²) in [4.78, 5) is 0. The maximum absolute atomic E-state index is 5.66. The van der Waals surface area contributed by atoms with Gasteiger partial charge in [-0.15, -0.1) is 0 Å². The molecule has 20 heavy (non-hydrogen) atoms. The van der Waals surface area contributed by atoms with Crippen LogP contribution in [0.25, 0.3) is 0 Å². The Morgan fingerprint density at radius 3 is 1.85 bits per heavy atom. The molecule has 0 spiro atoms. The van der Waals surface area contributed by atoms with Crippen molar-refractivity contribution in [3.63, 3.8) is 0 Å². The monoisotopic (exact) mass is 285 g/mol. The Hall–Kier alpha value is -0.0800. The topological polar surface area (TPSA) is 21.3 Å². The van der Waals surface area contributed by atoms with E-state index < -0.39 is 0 Å². The second-order valence-electron chi connectivity index (χ2n) is 6.43. The van der Waals surface area contributed by atoms with Crippen molar-refractivity contribution in [2.75, 3.05) is 19.8 Å². The fourth-order valence-corrected chi connectivity index (χ4v) is 2.21. The van der Waals surface area contributed by atoms with E-state index in [4.69, 9.17) is 4.74 Å².